The minimum absolute atomic E-state index is 0.246. The first-order valence-electron chi connectivity index (χ1n) is 6.80. The quantitative estimate of drug-likeness (QED) is 0.804. The van der Waals surface area contributed by atoms with Crippen LogP contribution in [0, 0.1) is 5.92 Å². The van der Waals surface area contributed by atoms with Gasteiger partial charge >= 0.3 is 0 Å². The maximum atomic E-state index is 10.2. The number of aliphatic hydroxyl groups is 1. The molecule has 0 saturated heterocycles. The molecule has 0 radical (unpaired) electrons. The molecule has 1 saturated carbocycles. The van der Waals surface area contributed by atoms with Crippen molar-refractivity contribution in [3.63, 3.8) is 0 Å². The highest BCUT2D eigenvalue weighted by Gasteiger charge is 2.30. The van der Waals surface area contributed by atoms with Crippen molar-refractivity contribution in [2.24, 2.45) is 5.92 Å². The summed E-state index contributed by atoms with van der Waals surface area (Å²) in [7, 11) is 0.708. The molecular weight excluding hydrogens is 230 g/mol. The van der Waals surface area contributed by atoms with Crippen molar-refractivity contribution >= 4 is 10.2 Å². The van der Waals surface area contributed by atoms with E-state index < -0.39 is 10.2 Å². The number of allylic oxidation sites excluding steroid dienone is 2. The van der Waals surface area contributed by atoms with Gasteiger partial charge in [0, 0.05) is 0 Å². The molecule has 2 unspecified atom stereocenters. The average Bonchev–Trinajstić information content (AvgIpc) is 2.84. The van der Waals surface area contributed by atoms with E-state index in [1.165, 1.54) is 37.7 Å². The van der Waals surface area contributed by atoms with Crippen molar-refractivity contribution in [1.82, 2.24) is 4.72 Å². The summed E-state index contributed by atoms with van der Waals surface area (Å²) < 4.78 is 3.37. The molecule has 0 aromatic heterocycles. The molecule has 1 aliphatic heterocycles. The summed E-state index contributed by atoms with van der Waals surface area (Å²) >= 11 is 0. The van der Waals surface area contributed by atoms with Crippen LogP contribution in [0.3, 0.4) is 0 Å². The van der Waals surface area contributed by atoms with Crippen LogP contribution in [-0.4, -0.2) is 17.6 Å². The maximum Gasteiger partial charge on any atom is 0.102 e. The van der Waals surface area contributed by atoms with E-state index >= 15 is 0 Å². The predicted molar refractivity (Wildman–Crippen MR) is 76.7 cm³/mol. The minimum Gasteiger partial charge on any atom is -0.382 e. The van der Waals surface area contributed by atoms with Crippen molar-refractivity contribution in [2.75, 3.05) is 7.05 Å². The van der Waals surface area contributed by atoms with Gasteiger partial charge in [-0.25, -0.2) is 0 Å². The zero-order chi connectivity index (χ0) is 12.3. The lowest BCUT2D eigenvalue weighted by atomic mass is 9.84. The molecule has 0 aromatic carbocycles. The summed E-state index contributed by atoms with van der Waals surface area (Å²) in [5.41, 5.74) is 1.23. The first-order valence-corrected chi connectivity index (χ1v) is 8.62. The topological polar surface area (TPSA) is 32.3 Å². The van der Waals surface area contributed by atoms with Crippen molar-refractivity contribution in [3.05, 3.63) is 22.5 Å². The Kier molecular flexibility index (Phi) is 4.34. The van der Waals surface area contributed by atoms with Gasteiger partial charge in [-0.1, -0.05) is 32.3 Å². The van der Waals surface area contributed by atoms with Crippen molar-refractivity contribution in [2.45, 2.75) is 50.9 Å². The molecule has 2 N–H and O–H groups in total. The number of aliphatic hydroxyl groups excluding tert-OH is 1. The average molecular weight is 255 g/mol. The number of rotatable bonds is 4. The first-order chi connectivity index (χ1) is 8.22. The fraction of sp³-hybridized carbons (Fsp3) is 0.714. The van der Waals surface area contributed by atoms with Gasteiger partial charge in [-0.3, -0.25) is 4.72 Å². The molecule has 2 atom stereocenters. The minimum atomic E-state index is -1.26. The highest BCUT2D eigenvalue weighted by molar-refractivity contribution is 8.37. The van der Waals surface area contributed by atoms with E-state index in [9.17, 15) is 5.11 Å². The molecule has 0 amide bonds. The Bertz CT molecular complexity index is 320. The van der Waals surface area contributed by atoms with Gasteiger partial charge in [0.05, 0.1) is 0 Å². The number of hydrogen-bond acceptors (Lipinski definition) is 2. The molecule has 2 nitrogen and oxygen atoms in total. The summed E-state index contributed by atoms with van der Waals surface area (Å²) in [6.45, 7) is 2.05. The molecule has 0 bridgehead atoms. The second-order valence-corrected chi connectivity index (χ2v) is 8.07. The van der Waals surface area contributed by atoms with Crippen molar-refractivity contribution < 1.29 is 5.11 Å². The van der Waals surface area contributed by atoms with Gasteiger partial charge < -0.3 is 5.11 Å². The van der Waals surface area contributed by atoms with Crippen LogP contribution in [-0.2, 0) is 0 Å². The zero-order valence-electron chi connectivity index (χ0n) is 11.0. The smallest absolute Gasteiger partial charge is 0.102 e. The summed E-state index contributed by atoms with van der Waals surface area (Å²) in [6.07, 6.45) is 9.88. The lowest BCUT2D eigenvalue weighted by Gasteiger charge is -2.36. The van der Waals surface area contributed by atoms with E-state index in [1.807, 2.05) is 7.05 Å². The van der Waals surface area contributed by atoms with Gasteiger partial charge in [0.2, 0.25) is 0 Å². The molecule has 0 spiro atoms. The van der Waals surface area contributed by atoms with E-state index in [4.69, 9.17) is 0 Å². The Balaban J connectivity index is 2.13. The second-order valence-electron chi connectivity index (χ2n) is 5.08. The lowest BCUT2D eigenvalue weighted by molar-refractivity contribution is 0.255. The number of hydrogen-bond donors (Lipinski definition) is 2. The summed E-state index contributed by atoms with van der Waals surface area (Å²) in [5.74, 6) is 0.742. The van der Waals surface area contributed by atoms with Gasteiger partial charge in [0.1, 0.15) is 5.44 Å². The van der Waals surface area contributed by atoms with E-state index in [1.54, 1.807) is 0 Å². The molecule has 0 aromatic rings. The normalized spacial score (nSPS) is 35.4. The molecule has 2 aliphatic rings. The third-order valence-corrected chi connectivity index (χ3v) is 7.24. The molecule has 1 fully saturated rings. The van der Waals surface area contributed by atoms with Gasteiger partial charge in [0.15, 0.2) is 0 Å². The molecule has 1 aliphatic carbocycles. The van der Waals surface area contributed by atoms with Crippen LogP contribution in [0.15, 0.2) is 22.5 Å². The SMILES string of the molecule is CCC(O)S1(NC)C=CC(C2CCCCC2)=C1. The molecular formula is C14H25NOS. The van der Waals surface area contributed by atoms with Crippen molar-refractivity contribution in [1.29, 1.82) is 0 Å². The summed E-state index contributed by atoms with van der Waals surface area (Å²) in [5, 5.41) is 14.8. The highest BCUT2D eigenvalue weighted by atomic mass is 32.3. The zero-order valence-corrected chi connectivity index (χ0v) is 11.8. The molecule has 3 heteroatoms. The van der Waals surface area contributed by atoms with E-state index in [-0.39, 0.29) is 5.44 Å². The van der Waals surface area contributed by atoms with Crippen LogP contribution < -0.4 is 4.72 Å². The third-order valence-electron chi connectivity index (χ3n) is 4.05. The van der Waals surface area contributed by atoms with E-state index in [2.05, 4.69) is 28.5 Å². The fourth-order valence-electron chi connectivity index (χ4n) is 2.87. The fourth-order valence-corrected chi connectivity index (χ4v) is 5.47. The first kappa shape index (κ1) is 13.2. The third kappa shape index (κ3) is 2.61. The standard InChI is InChI=1S/C14H25NOS/c1-3-14(16)17(15-2)10-9-13(11-17)12-7-5-4-6-8-12/h9-12,14-16H,3-8H2,1-2H3. The Hall–Kier alpha value is -0.250. The van der Waals surface area contributed by atoms with Gasteiger partial charge in [-0.2, -0.15) is 0 Å². The highest BCUT2D eigenvalue weighted by Crippen LogP contribution is 2.57. The maximum absolute atomic E-state index is 10.2. The summed E-state index contributed by atoms with van der Waals surface area (Å²) in [4.78, 5) is 0. The van der Waals surface area contributed by atoms with Crippen LogP contribution in [0.2, 0.25) is 0 Å². The van der Waals surface area contributed by atoms with Gasteiger partial charge in [0.25, 0.3) is 0 Å². The van der Waals surface area contributed by atoms with Crippen LogP contribution >= 0.6 is 10.2 Å². The molecule has 1 heterocycles. The molecule has 98 valence electrons. The number of nitrogens with one attached hydrogen (secondary N) is 1. The molecule has 2 rings (SSSR count). The largest absolute Gasteiger partial charge is 0.382 e. The Labute approximate surface area is 107 Å². The van der Waals surface area contributed by atoms with Crippen LogP contribution in [0.4, 0.5) is 0 Å². The van der Waals surface area contributed by atoms with Crippen LogP contribution in [0.25, 0.3) is 0 Å². The predicted octanol–water partition coefficient (Wildman–Crippen LogP) is 3.65. The monoisotopic (exact) mass is 255 g/mol. The van der Waals surface area contributed by atoms with Crippen LogP contribution in [0.5, 0.6) is 0 Å². The van der Waals surface area contributed by atoms with E-state index in [0.717, 1.165) is 12.3 Å². The Morgan fingerprint density at radius 3 is 2.71 bits per heavy atom. The Morgan fingerprint density at radius 2 is 2.12 bits per heavy atom. The van der Waals surface area contributed by atoms with Gasteiger partial charge in [-0.15, -0.1) is 10.2 Å². The summed E-state index contributed by atoms with van der Waals surface area (Å²) in [6, 6.07) is 0. The molecule has 17 heavy (non-hydrogen) atoms. The second kappa shape index (κ2) is 5.59. The van der Waals surface area contributed by atoms with Crippen molar-refractivity contribution in [3.8, 4) is 0 Å². The van der Waals surface area contributed by atoms with Crippen LogP contribution in [0.1, 0.15) is 45.4 Å². The lowest BCUT2D eigenvalue weighted by Crippen LogP contribution is -2.23. The van der Waals surface area contributed by atoms with Gasteiger partial charge in [-0.05, 0) is 48.6 Å². The van der Waals surface area contributed by atoms with E-state index in [0.29, 0.717) is 0 Å². The Morgan fingerprint density at radius 1 is 1.41 bits per heavy atom.